The summed E-state index contributed by atoms with van der Waals surface area (Å²) in [5.74, 6) is 1.73. The molecule has 7 heteroatoms. The Morgan fingerprint density at radius 3 is 2.81 bits per heavy atom. The van der Waals surface area contributed by atoms with Crippen LogP contribution < -0.4 is 9.47 Å². The molecule has 1 unspecified atom stereocenters. The molecular weight excluding hydrogens is 364 g/mol. The Balaban J connectivity index is 1.55. The average Bonchev–Trinajstić information content (AvgIpc) is 3.08. The van der Waals surface area contributed by atoms with Crippen LogP contribution in [0.3, 0.4) is 0 Å². The van der Waals surface area contributed by atoms with Crippen molar-refractivity contribution in [2.45, 2.75) is 37.1 Å². The van der Waals surface area contributed by atoms with Gasteiger partial charge in [-0.05, 0) is 61.7 Å². The highest BCUT2D eigenvalue weighted by Gasteiger charge is 2.27. The summed E-state index contributed by atoms with van der Waals surface area (Å²) >= 11 is 0. The molecular formula is C20H24N2O4S. The van der Waals surface area contributed by atoms with E-state index in [-0.39, 0.29) is 12.7 Å². The quantitative estimate of drug-likeness (QED) is 0.802. The standard InChI is InChI=1S/C20H24N2O4S/c1-14-9-17-18(26-13-25-17)10-16(14)12-22-8-4-5-15(11-22)20-19(27(2,23)24)6-3-7-21-20/h3,6-7,9-10,15H,4-5,8,11-13H2,1-2H3. The van der Waals surface area contributed by atoms with Crippen LogP contribution in [0.5, 0.6) is 11.5 Å². The number of likely N-dealkylation sites (tertiary alicyclic amines) is 1. The van der Waals surface area contributed by atoms with E-state index in [1.165, 1.54) is 17.4 Å². The molecule has 0 bridgehead atoms. The van der Waals surface area contributed by atoms with Crippen LogP contribution in [0.2, 0.25) is 0 Å². The van der Waals surface area contributed by atoms with Crippen molar-refractivity contribution >= 4 is 9.84 Å². The summed E-state index contributed by atoms with van der Waals surface area (Å²) in [5, 5.41) is 0. The minimum absolute atomic E-state index is 0.124. The van der Waals surface area contributed by atoms with Crippen molar-refractivity contribution in [3.05, 3.63) is 47.3 Å². The number of fused-ring (bicyclic) bond motifs is 1. The number of piperidine rings is 1. The van der Waals surface area contributed by atoms with Crippen LogP contribution in [0.1, 0.15) is 35.6 Å². The van der Waals surface area contributed by atoms with Crippen molar-refractivity contribution in [1.29, 1.82) is 0 Å². The maximum Gasteiger partial charge on any atom is 0.231 e. The summed E-state index contributed by atoms with van der Waals surface area (Å²) in [6, 6.07) is 7.44. The molecule has 2 aliphatic rings. The molecule has 1 fully saturated rings. The van der Waals surface area contributed by atoms with Crippen LogP contribution >= 0.6 is 0 Å². The van der Waals surface area contributed by atoms with Crippen molar-refractivity contribution in [1.82, 2.24) is 9.88 Å². The molecule has 27 heavy (non-hydrogen) atoms. The molecule has 4 rings (SSSR count). The fourth-order valence-electron chi connectivity index (χ4n) is 3.94. The molecule has 3 heterocycles. The van der Waals surface area contributed by atoms with Crippen molar-refractivity contribution < 1.29 is 17.9 Å². The van der Waals surface area contributed by atoms with Gasteiger partial charge in [-0.2, -0.15) is 0 Å². The fraction of sp³-hybridized carbons (Fsp3) is 0.450. The van der Waals surface area contributed by atoms with Crippen LogP contribution in [0.15, 0.2) is 35.4 Å². The first-order chi connectivity index (χ1) is 12.9. The summed E-state index contributed by atoms with van der Waals surface area (Å²) in [7, 11) is -3.28. The smallest absolute Gasteiger partial charge is 0.231 e. The molecule has 1 atom stereocenters. The molecule has 0 aliphatic carbocycles. The molecule has 1 aromatic carbocycles. The zero-order valence-corrected chi connectivity index (χ0v) is 16.5. The maximum atomic E-state index is 12.1. The zero-order valence-electron chi connectivity index (χ0n) is 15.6. The first kappa shape index (κ1) is 18.3. The third kappa shape index (κ3) is 3.80. The van der Waals surface area contributed by atoms with Crippen molar-refractivity contribution in [2.75, 3.05) is 26.1 Å². The Bertz CT molecular complexity index is 958. The number of sulfone groups is 1. The summed E-state index contributed by atoms with van der Waals surface area (Å²) < 4.78 is 35.2. The Morgan fingerprint density at radius 2 is 2.04 bits per heavy atom. The number of benzene rings is 1. The molecule has 1 saturated heterocycles. The van der Waals surface area contributed by atoms with Gasteiger partial charge in [0.25, 0.3) is 0 Å². The SMILES string of the molecule is Cc1cc2c(cc1CN1CCCC(c3ncccc3S(C)(=O)=O)C1)OCO2. The van der Waals surface area contributed by atoms with Gasteiger partial charge in [0.1, 0.15) is 0 Å². The second-order valence-corrected chi connectivity index (χ2v) is 9.35. The Kier molecular flexibility index (Phi) is 4.82. The number of ether oxygens (including phenoxy) is 2. The molecule has 2 aliphatic heterocycles. The summed E-state index contributed by atoms with van der Waals surface area (Å²) in [4.78, 5) is 7.16. The van der Waals surface area contributed by atoms with Crippen LogP contribution in [-0.2, 0) is 16.4 Å². The zero-order chi connectivity index (χ0) is 19.0. The van der Waals surface area contributed by atoms with E-state index in [1.807, 2.05) is 6.07 Å². The Labute approximate surface area is 160 Å². The fourth-order valence-corrected chi connectivity index (χ4v) is 4.87. The van der Waals surface area contributed by atoms with E-state index in [2.05, 4.69) is 22.9 Å². The molecule has 0 N–H and O–H groups in total. The number of aromatic nitrogens is 1. The molecule has 2 aromatic rings. The summed E-state index contributed by atoms with van der Waals surface area (Å²) in [6.45, 7) is 4.95. The molecule has 0 spiro atoms. The lowest BCUT2D eigenvalue weighted by atomic mass is 9.93. The van der Waals surface area contributed by atoms with Crippen LogP contribution in [0, 0.1) is 6.92 Å². The highest BCUT2D eigenvalue weighted by molar-refractivity contribution is 7.90. The highest BCUT2D eigenvalue weighted by atomic mass is 32.2. The van der Waals surface area contributed by atoms with Crippen LogP contribution in [0.25, 0.3) is 0 Å². The van der Waals surface area contributed by atoms with Gasteiger partial charge in [0.2, 0.25) is 6.79 Å². The first-order valence-corrected chi connectivity index (χ1v) is 11.1. The topological polar surface area (TPSA) is 68.7 Å². The molecule has 0 radical (unpaired) electrons. The van der Waals surface area contributed by atoms with E-state index in [4.69, 9.17) is 9.47 Å². The predicted molar refractivity (Wildman–Crippen MR) is 102 cm³/mol. The maximum absolute atomic E-state index is 12.1. The number of hydrogen-bond donors (Lipinski definition) is 0. The molecule has 1 aromatic heterocycles. The lowest BCUT2D eigenvalue weighted by Crippen LogP contribution is -2.34. The van der Waals surface area contributed by atoms with E-state index < -0.39 is 9.84 Å². The number of aryl methyl sites for hydroxylation is 1. The highest BCUT2D eigenvalue weighted by Crippen LogP contribution is 2.36. The van der Waals surface area contributed by atoms with E-state index >= 15 is 0 Å². The van der Waals surface area contributed by atoms with Gasteiger partial charge < -0.3 is 9.47 Å². The van der Waals surface area contributed by atoms with Gasteiger partial charge in [0.15, 0.2) is 21.3 Å². The van der Waals surface area contributed by atoms with Crippen LogP contribution in [-0.4, -0.2) is 44.4 Å². The van der Waals surface area contributed by atoms with Gasteiger partial charge in [0.05, 0.1) is 10.6 Å². The van der Waals surface area contributed by atoms with Gasteiger partial charge in [-0.1, -0.05) is 0 Å². The van der Waals surface area contributed by atoms with Gasteiger partial charge in [0, 0.05) is 31.5 Å². The lowest BCUT2D eigenvalue weighted by molar-refractivity contribution is 0.173. The third-order valence-electron chi connectivity index (χ3n) is 5.32. The second kappa shape index (κ2) is 7.13. The largest absolute Gasteiger partial charge is 0.454 e. The summed E-state index contributed by atoms with van der Waals surface area (Å²) in [5.41, 5.74) is 3.09. The summed E-state index contributed by atoms with van der Waals surface area (Å²) in [6.07, 6.45) is 4.92. The number of nitrogens with zero attached hydrogens (tertiary/aromatic N) is 2. The van der Waals surface area contributed by atoms with E-state index in [0.29, 0.717) is 10.6 Å². The monoisotopic (exact) mass is 388 g/mol. The average molecular weight is 388 g/mol. The molecule has 0 saturated carbocycles. The first-order valence-electron chi connectivity index (χ1n) is 9.18. The van der Waals surface area contributed by atoms with Gasteiger partial charge in [-0.25, -0.2) is 8.42 Å². The van der Waals surface area contributed by atoms with E-state index in [9.17, 15) is 8.42 Å². The lowest BCUT2D eigenvalue weighted by Gasteiger charge is -2.33. The van der Waals surface area contributed by atoms with E-state index in [1.54, 1.807) is 18.3 Å². The minimum Gasteiger partial charge on any atom is -0.454 e. The Morgan fingerprint density at radius 1 is 1.26 bits per heavy atom. The number of rotatable bonds is 4. The second-order valence-electron chi connectivity index (χ2n) is 7.37. The van der Waals surface area contributed by atoms with Crippen molar-refractivity contribution in [2.24, 2.45) is 0 Å². The predicted octanol–water partition coefficient (Wildman–Crippen LogP) is 2.90. The molecule has 0 amide bonds. The minimum atomic E-state index is -3.28. The number of pyridine rings is 1. The molecule has 6 nitrogen and oxygen atoms in total. The van der Waals surface area contributed by atoms with Crippen molar-refractivity contribution in [3.63, 3.8) is 0 Å². The van der Waals surface area contributed by atoms with E-state index in [0.717, 1.165) is 44.0 Å². The molecule has 144 valence electrons. The van der Waals surface area contributed by atoms with Crippen molar-refractivity contribution in [3.8, 4) is 11.5 Å². The van der Waals surface area contributed by atoms with Gasteiger partial charge in [-0.15, -0.1) is 0 Å². The number of hydrogen-bond acceptors (Lipinski definition) is 6. The normalized spacial score (nSPS) is 20.0. The Hall–Kier alpha value is -2.12. The third-order valence-corrected chi connectivity index (χ3v) is 6.46. The van der Waals surface area contributed by atoms with Gasteiger partial charge >= 0.3 is 0 Å². The van der Waals surface area contributed by atoms with Gasteiger partial charge in [-0.3, -0.25) is 9.88 Å². The van der Waals surface area contributed by atoms with Crippen LogP contribution in [0.4, 0.5) is 0 Å².